The fourth-order valence-electron chi connectivity index (χ4n) is 2.41. The van der Waals surface area contributed by atoms with Crippen LogP contribution in [0.2, 0.25) is 0 Å². The number of hydrogen-bond acceptors (Lipinski definition) is 5. The highest BCUT2D eigenvalue weighted by Crippen LogP contribution is 2.24. The zero-order valence-electron chi connectivity index (χ0n) is 11.0. The Hall–Kier alpha value is -1.69. The molecule has 3 N–H and O–H groups in total. The average Bonchev–Trinajstić information content (AvgIpc) is 2.37. The number of anilines is 1. The van der Waals surface area contributed by atoms with Crippen molar-refractivity contribution in [1.82, 2.24) is 9.97 Å². The Bertz CT molecular complexity index is 464. The Balaban J connectivity index is 1.96. The molecule has 1 aromatic rings. The first kappa shape index (κ1) is 13.7. The number of aromatic carboxylic acids is 1. The number of carboxylic acids is 1. The largest absolute Gasteiger partial charge is 0.478 e. The van der Waals surface area contributed by atoms with Gasteiger partial charge >= 0.3 is 5.97 Å². The summed E-state index contributed by atoms with van der Waals surface area (Å²) in [5.41, 5.74) is 0.553. The van der Waals surface area contributed by atoms with E-state index in [0.29, 0.717) is 18.2 Å². The lowest BCUT2D eigenvalue weighted by Crippen LogP contribution is -2.30. The molecule has 19 heavy (non-hydrogen) atoms. The molecule has 6 nitrogen and oxygen atoms in total. The third-order valence-electron chi connectivity index (χ3n) is 3.60. The van der Waals surface area contributed by atoms with Gasteiger partial charge in [-0.25, -0.2) is 14.8 Å². The second kappa shape index (κ2) is 5.97. The normalized spacial score (nSPS) is 23.1. The number of rotatable bonds is 4. The molecule has 1 aromatic heterocycles. The number of carboxylic acid groups (broad SMARTS) is 1. The Morgan fingerprint density at radius 2 is 2.21 bits per heavy atom. The molecule has 0 bridgehead atoms. The van der Waals surface area contributed by atoms with Gasteiger partial charge in [-0.1, -0.05) is 12.8 Å². The summed E-state index contributed by atoms with van der Waals surface area (Å²) in [7, 11) is 0. The summed E-state index contributed by atoms with van der Waals surface area (Å²) in [6, 6.07) is 0. The summed E-state index contributed by atoms with van der Waals surface area (Å²) < 4.78 is 0. The van der Waals surface area contributed by atoms with Crippen molar-refractivity contribution in [1.29, 1.82) is 0 Å². The van der Waals surface area contributed by atoms with Crippen LogP contribution in [0.15, 0.2) is 6.20 Å². The van der Waals surface area contributed by atoms with Crippen molar-refractivity contribution in [3.63, 3.8) is 0 Å². The molecule has 0 unspecified atom stereocenters. The number of hydrogen-bond donors (Lipinski definition) is 3. The Morgan fingerprint density at radius 1 is 1.47 bits per heavy atom. The predicted octanol–water partition coefficient (Wildman–Crippen LogP) is 1.45. The fraction of sp³-hybridized carbons (Fsp3) is 0.615. The van der Waals surface area contributed by atoms with Crippen LogP contribution in [0.4, 0.5) is 5.95 Å². The van der Waals surface area contributed by atoms with Crippen LogP contribution in [0.3, 0.4) is 0 Å². The van der Waals surface area contributed by atoms with Gasteiger partial charge < -0.3 is 15.5 Å². The van der Waals surface area contributed by atoms with Crippen LogP contribution in [0.25, 0.3) is 0 Å². The third-order valence-corrected chi connectivity index (χ3v) is 3.60. The van der Waals surface area contributed by atoms with Crippen LogP contribution in [-0.4, -0.2) is 38.8 Å². The second-order valence-electron chi connectivity index (χ2n) is 4.99. The van der Waals surface area contributed by atoms with Crippen LogP contribution in [-0.2, 0) is 0 Å². The summed E-state index contributed by atoms with van der Waals surface area (Å²) in [5, 5.41) is 21.8. The molecule has 1 heterocycles. The maximum Gasteiger partial charge on any atom is 0.339 e. The summed E-state index contributed by atoms with van der Waals surface area (Å²) in [4.78, 5) is 19.0. The molecule has 104 valence electrons. The minimum absolute atomic E-state index is 0.114. The fourth-order valence-corrected chi connectivity index (χ4v) is 2.41. The lowest BCUT2D eigenvalue weighted by atomic mass is 9.86. The monoisotopic (exact) mass is 265 g/mol. The molecule has 0 saturated heterocycles. The standard InChI is InChI=1S/C13H19N3O3/c1-8-10(12(18)19)7-15-13(16-8)14-6-9-4-2-3-5-11(9)17/h7,9,11,17H,2-6H2,1H3,(H,18,19)(H,14,15,16)/t9-,11+/m0/s1. The second-order valence-corrected chi connectivity index (χ2v) is 4.99. The van der Waals surface area contributed by atoms with Crippen molar-refractivity contribution in [2.75, 3.05) is 11.9 Å². The lowest BCUT2D eigenvalue weighted by Gasteiger charge is -2.27. The van der Waals surface area contributed by atoms with Crippen molar-refractivity contribution >= 4 is 11.9 Å². The summed E-state index contributed by atoms with van der Waals surface area (Å²) in [6.45, 7) is 2.26. The van der Waals surface area contributed by atoms with Gasteiger partial charge in [0.1, 0.15) is 0 Å². The van der Waals surface area contributed by atoms with Gasteiger partial charge in [0.05, 0.1) is 17.4 Å². The number of nitrogens with one attached hydrogen (secondary N) is 1. The first-order valence-electron chi connectivity index (χ1n) is 6.57. The molecule has 0 aromatic carbocycles. The first-order valence-corrected chi connectivity index (χ1v) is 6.57. The Labute approximate surface area is 111 Å². The summed E-state index contributed by atoms with van der Waals surface area (Å²) in [5.74, 6) is -0.385. The maximum atomic E-state index is 10.8. The minimum Gasteiger partial charge on any atom is -0.478 e. The highest BCUT2D eigenvalue weighted by Gasteiger charge is 2.23. The third kappa shape index (κ3) is 3.41. The van der Waals surface area contributed by atoms with E-state index in [-0.39, 0.29) is 17.6 Å². The molecular weight excluding hydrogens is 246 g/mol. The van der Waals surface area contributed by atoms with E-state index in [0.717, 1.165) is 25.7 Å². The van der Waals surface area contributed by atoms with Crippen LogP contribution in [0.1, 0.15) is 41.7 Å². The number of aryl methyl sites for hydroxylation is 1. The van der Waals surface area contributed by atoms with Crippen molar-refractivity contribution < 1.29 is 15.0 Å². The van der Waals surface area contributed by atoms with Crippen LogP contribution >= 0.6 is 0 Å². The van der Waals surface area contributed by atoms with Gasteiger partial charge in [-0.2, -0.15) is 0 Å². The summed E-state index contributed by atoms with van der Waals surface area (Å²) >= 11 is 0. The molecule has 0 radical (unpaired) electrons. The topological polar surface area (TPSA) is 95.3 Å². The Kier molecular flexibility index (Phi) is 4.31. The van der Waals surface area contributed by atoms with Gasteiger partial charge in [0.2, 0.25) is 5.95 Å². The van der Waals surface area contributed by atoms with Gasteiger partial charge in [0.25, 0.3) is 0 Å². The Morgan fingerprint density at radius 3 is 2.84 bits per heavy atom. The molecule has 6 heteroatoms. The van der Waals surface area contributed by atoms with Gasteiger partial charge in [-0.15, -0.1) is 0 Å². The van der Waals surface area contributed by atoms with Gasteiger partial charge in [0, 0.05) is 18.7 Å². The van der Waals surface area contributed by atoms with E-state index in [1.807, 2.05) is 0 Å². The van der Waals surface area contributed by atoms with Crippen molar-refractivity contribution in [3.05, 3.63) is 17.5 Å². The number of carbonyl (C=O) groups is 1. The molecule has 2 atom stereocenters. The van der Waals surface area contributed by atoms with Gasteiger partial charge in [-0.05, 0) is 19.8 Å². The minimum atomic E-state index is -1.02. The van der Waals surface area contributed by atoms with E-state index in [1.54, 1.807) is 6.92 Å². The smallest absolute Gasteiger partial charge is 0.339 e. The van der Waals surface area contributed by atoms with E-state index in [4.69, 9.17) is 5.11 Å². The van der Waals surface area contributed by atoms with E-state index < -0.39 is 5.97 Å². The summed E-state index contributed by atoms with van der Waals surface area (Å²) in [6.07, 6.45) is 5.12. The zero-order chi connectivity index (χ0) is 13.8. The van der Waals surface area contributed by atoms with Crippen LogP contribution in [0.5, 0.6) is 0 Å². The predicted molar refractivity (Wildman–Crippen MR) is 70.2 cm³/mol. The number of aliphatic hydroxyl groups excluding tert-OH is 1. The molecule has 0 spiro atoms. The molecule has 1 fully saturated rings. The molecule has 1 saturated carbocycles. The van der Waals surface area contributed by atoms with Crippen molar-refractivity contribution in [3.8, 4) is 0 Å². The van der Waals surface area contributed by atoms with Crippen LogP contribution < -0.4 is 5.32 Å². The highest BCUT2D eigenvalue weighted by molar-refractivity contribution is 5.88. The number of aliphatic hydroxyl groups is 1. The van der Waals surface area contributed by atoms with Gasteiger partial charge in [0.15, 0.2) is 0 Å². The maximum absolute atomic E-state index is 10.8. The number of nitrogens with zero attached hydrogens (tertiary/aromatic N) is 2. The quantitative estimate of drug-likeness (QED) is 0.762. The van der Waals surface area contributed by atoms with E-state index in [2.05, 4.69) is 15.3 Å². The van der Waals surface area contributed by atoms with Crippen molar-refractivity contribution in [2.45, 2.75) is 38.7 Å². The van der Waals surface area contributed by atoms with Crippen molar-refractivity contribution in [2.24, 2.45) is 5.92 Å². The highest BCUT2D eigenvalue weighted by atomic mass is 16.4. The molecule has 1 aliphatic rings. The average molecular weight is 265 g/mol. The SMILES string of the molecule is Cc1nc(NC[C@@H]2CCCC[C@H]2O)ncc1C(=O)O. The van der Waals surface area contributed by atoms with Crippen LogP contribution in [0, 0.1) is 12.8 Å². The van der Waals surface area contributed by atoms with E-state index in [1.165, 1.54) is 6.20 Å². The number of aromatic nitrogens is 2. The molecular formula is C13H19N3O3. The first-order chi connectivity index (χ1) is 9.08. The molecule has 1 aliphatic carbocycles. The lowest BCUT2D eigenvalue weighted by molar-refractivity contribution is 0.0695. The molecule has 0 aliphatic heterocycles. The van der Waals surface area contributed by atoms with E-state index in [9.17, 15) is 9.90 Å². The zero-order valence-corrected chi connectivity index (χ0v) is 11.0. The molecule has 0 amide bonds. The molecule has 2 rings (SSSR count). The van der Waals surface area contributed by atoms with E-state index >= 15 is 0 Å². The van der Waals surface area contributed by atoms with Gasteiger partial charge in [-0.3, -0.25) is 0 Å².